The molecule has 0 aliphatic carbocycles. The molecule has 1 aromatic heterocycles. The van der Waals surface area contributed by atoms with Gasteiger partial charge in [-0.1, -0.05) is 23.2 Å². The van der Waals surface area contributed by atoms with Crippen molar-refractivity contribution in [2.45, 2.75) is 6.54 Å². The largest absolute Gasteiger partial charge is 0.266 e. The Balaban J connectivity index is 2.65. The number of rotatable bonds is 2. The molecule has 1 aromatic rings. The minimum atomic E-state index is 0.511. The van der Waals surface area contributed by atoms with E-state index in [1.54, 1.807) is 4.68 Å². The maximum Gasteiger partial charge on any atom is 0.128 e. The third-order valence-electron chi connectivity index (χ3n) is 1.04. The first-order chi connectivity index (χ1) is 5.22. The van der Waals surface area contributed by atoms with Gasteiger partial charge in [-0.3, -0.25) is 4.68 Å². The Morgan fingerprint density at radius 2 is 2.55 bits per heavy atom. The molecule has 0 saturated heterocycles. The van der Waals surface area contributed by atoms with Crippen LogP contribution in [0.3, 0.4) is 0 Å². The highest BCUT2D eigenvalue weighted by Crippen LogP contribution is 2.09. The van der Waals surface area contributed by atoms with Crippen LogP contribution in [0.15, 0.2) is 27.4 Å². The molecule has 60 valence electrons. The third kappa shape index (κ3) is 2.85. The number of allylic oxidation sites excluding steroid dienone is 1. The van der Waals surface area contributed by atoms with E-state index in [2.05, 4.69) is 21.0 Å². The molecule has 2 nitrogen and oxygen atoms in total. The van der Waals surface area contributed by atoms with Crippen LogP contribution in [0.25, 0.3) is 0 Å². The second-order valence-corrected chi connectivity index (χ2v) is 3.41. The van der Waals surface area contributed by atoms with E-state index in [-0.39, 0.29) is 0 Å². The topological polar surface area (TPSA) is 17.8 Å². The van der Waals surface area contributed by atoms with Crippen LogP contribution < -0.4 is 0 Å². The predicted molar refractivity (Wildman–Crippen MR) is 49.7 cm³/mol. The monoisotopic (exact) mass is 254 g/mol. The van der Waals surface area contributed by atoms with Crippen molar-refractivity contribution in [2.75, 3.05) is 0 Å². The van der Waals surface area contributed by atoms with Crippen molar-refractivity contribution in [2.24, 2.45) is 0 Å². The number of aromatic nitrogens is 2. The summed E-state index contributed by atoms with van der Waals surface area (Å²) in [7, 11) is 0. The van der Waals surface area contributed by atoms with Gasteiger partial charge >= 0.3 is 0 Å². The number of halogens is 3. The Hall–Kier alpha value is 0.01000. The lowest BCUT2D eigenvalue weighted by atomic mass is 10.6. The van der Waals surface area contributed by atoms with Gasteiger partial charge in [-0.15, -0.1) is 0 Å². The highest BCUT2D eigenvalue weighted by atomic mass is 79.9. The van der Waals surface area contributed by atoms with Crippen molar-refractivity contribution in [3.63, 3.8) is 0 Å². The van der Waals surface area contributed by atoms with Crippen LogP contribution in [0.1, 0.15) is 0 Å². The molecular weight excluding hydrogens is 251 g/mol. The van der Waals surface area contributed by atoms with Crippen molar-refractivity contribution in [1.82, 2.24) is 9.78 Å². The number of nitrogens with zero attached hydrogens (tertiary/aromatic N) is 2. The van der Waals surface area contributed by atoms with Gasteiger partial charge in [0.2, 0.25) is 0 Å². The molecule has 0 aromatic carbocycles. The van der Waals surface area contributed by atoms with Crippen molar-refractivity contribution in [3.05, 3.63) is 27.4 Å². The summed E-state index contributed by atoms with van der Waals surface area (Å²) in [6, 6.07) is 1.83. The molecule has 11 heavy (non-hydrogen) atoms. The lowest BCUT2D eigenvalue weighted by Crippen LogP contribution is -1.97. The molecule has 5 heteroatoms. The Morgan fingerprint density at radius 1 is 1.82 bits per heavy atom. The van der Waals surface area contributed by atoms with Crippen LogP contribution in [0.2, 0.25) is 0 Å². The van der Waals surface area contributed by atoms with Gasteiger partial charge in [-0.05, 0) is 22.0 Å². The fourth-order valence-corrected chi connectivity index (χ4v) is 1.13. The lowest BCUT2D eigenvalue weighted by Gasteiger charge is -1.96. The Kier molecular flexibility index (Phi) is 3.43. The summed E-state index contributed by atoms with van der Waals surface area (Å²) in [4.78, 5) is 0. The fourth-order valence-electron chi connectivity index (χ4n) is 0.614. The average molecular weight is 256 g/mol. The van der Waals surface area contributed by atoms with Crippen molar-refractivity contribution >= 4 is 39.1 Å². The Morgan fingerprint density at radius 3 is 3.00 bits per heavy atom. The Labute approximate surface area is 82.9 Å². The summed E-state index contributed by atoms with van der Waals surface area (Å²) >= 11 is 14.2. The van der Waals surface area contributed by atoms with E-state index >= 15 is 0 Å². The lowest BCUT2D eigenvalue weighted by molar-refractivity contribution is 0.690. The SMILES string of the molecule is Cl/C=C(/Cl)Cn1ccc(Br)n1. The van der Waals surface area contributed by atoms with E-state index in [4.69, 9.17) is 23.2 Å². The van der Waals surface area contributed by atoms with Gasteiger partial charge in [0.05, 0.1) is 11.6 Å². The molecule has 0 aliphatic rings. The van der Waals surface area contributed by atoms with Gasteiger partial charge in [0, 0.05) is 11.7 Å². The standard InChI is InChI=1S/C6H5BrCl2N2/c7-6-1-2-11(10-6)4-5(9)3-8/h1-3H,4H2/b5-3+. The third-order valence-corrected chi connectivity index (χ3v) is 2.07. The van der Waals surface area contributed by atoms with Gasteiger partial charge in [0.1, 0.15) is 4.60 Å². The van der Waals surface area contributed by atoms with E-state index in [0.29, 0.717) is 11.6 Å². The maximum absolute atomic E-state index is 5.66. The molecule has 0 radical (unpaired) electrons. The zero-order chi connectivity index (χ0) is 8.27. The van der Waals surface area contributed by atoms with Crippen LogP contribution in [0, 0.1) is 0 Å². The second-order valence-electron chi connectivity index (χ2n) is 1.89. The normalized spacial score (nSPS) is 12.1. The second kappa shape index (κ2) is 4.14. The molecule has 1 rings (SSSR count). The summed E-state index contributed by atoms with van der Waals surface area (Å²) in [5.41, 5.74) is 1.33. The molecule has 0 amide bonds. The summed E-state index contributed by atoms with van der Waals surface area (Å²) in [5, 5.41) is 4.61. The average Bonchev–Trinajstić information content (AvgIpc) is 2.35. The summed E-state index contributed by atoms with van der Waals surface area (Å²) in [5.74, 6) is 0. The molecule has 0 saturated carbocycles. The van der Waals surface area contributed by atoms with Gasteiger partial charge in [0.25, 0.3) is 0 Å². The molecule has 0 fully saturated rings. The smallest absolute Gasteiger partial charge is 0.128 e. The van der Waals surface area contributed by atoms with Crippen LogP contribution in [0.4, 0.5) is 0 Å². The minimum absolute atomic E-state index is 0.511. The van der Waals surface area contributed by atoms with Gasteiger partial charge in [-0.2, -0.15) is 5.10 Å². The van der Waals surface area contributed by atoms with Crippen LogP contribution in [-0.4, -0.2) is 9.78 Å². The van der Waals surface area contributed by atoms with Crippen LogP contribution in [0.5, 0.6) is 0 Å². The minimum Gasteiger partial charge on any atom is -0.266 e. The first kappa shape index (κ1) is 9.10. The van der Waals surface area contributed by atoms with Crippen molar-refractivity contribution < 1.29 is 0 Å². The maximum atomic E-state index is 5.66. The first-order valence-corrected chi connectivity index (χ1v) is 4.47. The molecule has 0 N–H and O–H groups in total. The van der Waals surface area contributed by atoms with Crippen molar-refractivity contribution in [1.29, 1.82) is 0 Å². The molecular formula is C6H5BrCl2N2. The zero-order valence-corrected chi connectivity index (χ0v) is 8.57. The zero-order valence-electron chi connectivity index (χ0n) is 5.47. The predicted octanol–water partition coefficient (Wildman–Crippen LogP) is 2.96. The van der Waals surface area contributed by atoms with E-state index in [0.717, 1.165) is 4.60 Å². The van der Waals surface area contributed by atoms with Gasteiger partial charge < -0.3 is 0 Å². The molecule has 0 atom stereocenters. The van der Waals surface area contributed by atoms with Crippen LogP contribution >= 0.6 is 39.1 Å². The highest BCUT2D eigenvalue weighted by Gasteiger charge is 1.96. The fraction of sp³-hybridized carbons (Fsp3) is 0.167. The number of hydrogen-bond acceptors (Lipinski definition) is 1. The summed E-state index contributed by atoms with van der Waals surface area (Å²) < 4.78 is 2.47. The summed E-state index contributed by atoms with van der Waals surface area (Å²) in [6.45, 7) is 0.511. The van der Waals surface area contributed by atoms with E-state index in [1.807, 2.05) is 12.3 Å². The molecule has 0 unspecified atom stereocenters. The van der Waals surface area contributed by atoms with E-state index in [1.165, 1.54) is 5.54 Å². The van der Waals surface area contributed by atoms with E-state index < -0.39 is 0 Å². The molecule has 0 spiro atoms. The van der Waals surface area contributed by atoms with Crippen LogP contribution in [-0.2, 0) is 6.54 Å². The quantitative estimate of drug-likeness (QED) is 0.795. The molecule has 0 aliphatic heterocycles. The molecule has 1 heterocycles. The number of hydrogen-bond donors (Lipinski definition) is 0. The highest BCUT2D eigenvalue weighted by molar-refractivity contribution is 9.10. The molecule has 0 bridgehead atoms. The van der Waals surface area contributed by atoms with E-state index in [9.17, 15) is 0 Å². The van der Waals surface area contributed by atoms with Gasteiger partial charge in [-0.25, -0.2) is 0 Å². The van der Waals surface area contributed by atoms with Gasteiger partial charge in [0.15, 0.2) is 0 Å². The first-order valence-electron chi connectivity index (χ1n) is 2.86. The van der Waals surface area contributed by atoms with Crippen molar-refractivity contribution in [3.8, 4) is 0 Å². The Bertz CT molecular complexity index is 269. The summed E-state index contributed by atoms with van der Waals surface area (Å²) in [6.07, 6.45) is 1.81.